The monoisotopic (exact) mass is 280 g/mol. The van der Waals surface area contributed by atoms with Gasteiger partial charge in [0.05, 0.1) is 11.5 Å². The van der Waals surface area contributed by atoms with Gasteiger partial charge in [-0.05, 0) is 19.5 Å². The molecule has 0 spiro atoms. The molecule has 1 saturated heterocycles. The molecule has 1 aliphatic heterocycles. The Hall–Kier alpha value is -1.26. The van der Waals surface area contributed by atoms with Crippen LogP contribution in [-0.2, 0) is 0 Å². The standard InChI is InChI=1S/C14H21ClN4/c1-4-14(19-7-5-18(3)6-8-19)12-10-16-17-13(12)9-11(2)15/h9-10,17H,2,4-8H2,1,3H3/b13-9+,14-12+. The van der Waals surface area contributed by atoms with E-state index in [-0.39, 0.29) is 0 Å². The largest absolute Gasteiger partial charge is 0.372 e. The Morgan fingerprint density at radius 1 is 1.47 bits per heavy atom. The van der Waals surface area contributed by atoms with Crippen LogP contribution >= 0.6 is 11.6 Å². The van der Waals surface area contributed by atoms with Crippen molar-refractivity contribution in [3.63, 3.8) is 0 Å². The van der Waals surface area contributed by atoms with E-state index in [9.17, 15) is 0 Å². The first-order valence-corrected chi connectivity index (χ1v) is 7.01. The van der Waals surface area contributed by atoms with Crippen LogP contribution in [0.2, 0.25) is 0 Å². The third-order valence-electron chi connectivity index (χ3n) is 3.50. The average Bonchev–Trinajstić information content (AvgIpc) is 2.80. The summed E-state index contributed by atoms with van der Waals surface area (Å²) in [6, 6.07) is 0. The molecule has 0 unspecified atom stereocenters. The molecule has 0 atom stereocenters. The van der Waals surface area contributed by atoms with Gasteiger partial charge in [0.15, 0.2) is 0 Å². The van der Waals surface area contributed by atoms with Crippen LogP contribution in [0.1, 0.15) is 13.3 Å². The molecule has 0 aromatic carbocycles. The summed E-state index contributed by atoms with van der Waals surface area (Å²) in [5.74, 6) is 0. The van der Waals surface area contributed by atoms with E-state index in [0.29, 0.717) is 5.03 Å². The molecule has 2 heterocycles. The molecule has 1 aliphatic rings. The summed E-state index contributed by atoms with van der Waals surface area (Å²) in [6.45, 7) is 10.2. The minimum Gasteiger partial charge on any atom is -0.372 e. The number of halogens is 1. The van der Waals surface area contributed by atoms with Crippen LogP contribution in [0.3, 0.4) is 0 Å². The Morgan fingerprint density at radius 3 is 2.74 bits per heavy atom. The molecule has 19 heavy (non-hydrogen) atoms. The van der Waals surface area contributed by atoms with Crippen molar-refractivity contribution < 1.29 is 0 Å². The van der Waals surface area contributed by atoms with E-state index in [1.54, 1.807) is 0 Å². The molecule has 1 aromatic rings. The van der Waals surface area contributed by atoms with Gasteiger partial charge in [-0.2, -0.15) is 5.10 Å². The molecule has 0 bridgehead atoms. The lowest BCUT2D eigenvalue weighted by molar-refractivity contribution is 0.203. The summed E-state index contributed by atoms with van der Waals surface area (Å²) in [5.41, 5.74) is 1.33. The zero-order chi connectivity index (χ0) is 13.8. The first kappa shape index (κ1) is 14.2. The molecular formula is C14H21ClN4. The minimum atomic E-state index is 0.513. The highest BCUT2D eigenvalue weighted by Crippen LogP contribution is 2.11. The molecule has 0 aliphatic carbocycles. The predicted molar refractivity (Wildman–Crippen MR) is 80.1 cm³/mol. The highest BCUT2D eigenvalue weighted by molar-refractivity contribution is 6.33. The molecule has 4 nitrogen and oxygen atoms in total. The van der Waals surface area contributed by atoms with Crippen molar-refractivity contribution in [1.29, 1.82) is 0 Å². The number of hydrogen-bond donors (Lipinski definition) is 1. The number of rotatable bonds is 3. The van der Waals surface area contributed by atoms with Crippen LogP contribution in [0.5, 0.6) is 0 Å². The van der Waals surface area contributed by atoms with Crippen LogP contribution in [-0.4, -0.2) is 53.2 Å². The zero-order valence-electron chi connectivity index (χ0n) is 11.6. The summed E-state index contributed by atoms with van der Waals surface area (Å²) >= 11 is 5.87. The number of H-pyrrole nitrogens is 1. The maximum Gasteiger partial charge on any atom is 0.0682 e. The Morgan fingerprint density at radius 2 is 2.16 bits per heavy atom. The second kappa shape index (κ2) is 6.26. The number of nitrogens with one attached hydrogen (secondary N) is 1. The normalized spacial score (nSPS) is 19.7. The fourth-order valence-electron chi connectivity index (χ4n) is 2.45. The number of aromatic nitrogens is 2. The van der Waals surface area contributed by atoms with Crippen molar-refractivity contribution in [2.45, 2.75) is 13.3 Å². The third kappa shape index (κ3) is 3.39. The maximum atomic E-state index is 5.87. The molecule has 1 fully saturated rings. The van der Waals surface area contributed by atoms with Gasteiger partial charge in [-0.1, -0.05) is 25.1 Å². The topological polar surface area (TPSA) is 35.2 Å². The van der Waals surface area contributed by atoms with Crippen molar-refractivity contribution in [2.24, 2.45) is 0 Å². The van der Waals surface area contributed by atoms with Crippen molar-refractivity contribution in [1.82, 2.24) is 20.0 Å². The summed E-state index contributed by atoms with van der Waals surface area (Å²) < 4.78 is 0. The molecule has 0 radical (unpaired) electrons. The van der Waals surface area contributed by atoms with Gasteiger partial charge >= 0.3 is 0 Å². The van der Waals surface area contributed by atoms with Crippen LogP contribution < -0.4 is 10.6 Å². The van der Waals surface area contributed by atoms with Gasteiger partial charge in [0.25, 0.3) is 0 Å². The van der Waals surface area contributed by atoms with Gasteiger partial charge in [0.1, 0.15) is 0 Å². The van der Waals surface area contributed by atoms with E-state index in [2.05, 4.69) is 40.5 Å². The first-order chi connectivity index (χ1) is 9.11. The predicted octanol–water partition coefficient (Wildman–Crippen LogP) is 0.708. The number of aromatic amines is 1. The highest BCUT2D eigenvalue weighted by Gasteiger charge is 2.16. The number of piperazine rings is 1. The molecule has 2 rings (SSSR count). The summed E-state index contributed by atoms with van der Waals surface area (Å²) in [4.78, 5) is 4.80. The number of hydrogen-bond acceptors (Lipinski definition) is 3. The van der Waals surface area contributed by atoms with Gasteiger partial charge in [0.2, 0.25) is 0 Å². The van der Waals surface area contributed by atoms with Crippen LogP contribution in [0.15, 0.2) is 17.8 Å². The van der Waals surface area contributed by atoms with Crippen LogP contribution in [0.4, 0.5) is 0 Å². The fourth-order valence-corrected chi connectivity index (χ4v) is 2.56. The Bertz CT molecular complexity index is 552. The SMILES string of the molecule is C=C(Cl)/C=c1/[nH]nc/c1=C(/CC)N1CCN(C)CC1. The fraction of sp³-hybridized carbons (Fsp3) is 0.500. The van der Waals surface area contributed by atoms with Crippen molar-refractivity contribution >= 4 is 23.4 Å². The van der Waals surface area contributed by atoms with E-state index >= 15 is 0 Å². The summed E-state index contributed by atoms with van der Waals surface area (Å²) in [7, 11) is 2.16. The lowest BCUT2D eigenvalue weighted by Crippen LogP contribution is -2.45. The van der Waals surface area contributed by atoms with Gasteiger partial charge in [-0.25, -0.2) is 0 Å². The molecule has 5 heteroatoms. The van der Waals surface area contributed by atoms with Gasteiger partial charge in [-0.3, -0.25) is 5.10 Å². The van der Waals surface area contributed by atoms with E-state index < -0.39 is 0 Å². The number of allylic oxidation sites excluding steroid dienone is 1. The first-order valence-electron chi connectivity index (χ1n) is 6.64. The number of nitrogens with zero attached hydrogens (tertiary/aromatic N) is 3. The van der Waals surface area contributed by atoms with E-state index in [4.69, 9.17) is 11.6 Å². The summed E-state index contributed by atoms with van der Waals surface area (Å²) in [5, 5.41) is 9.72. The Kier molecular flexibility index (Phi) is 4.66. The van der Waals surface area contributed by atoms with Gasteiger partial charge in [0, 0.05) is 42.1 Å². The molecule has 0 amide bonds. The van der Waals surface area contributed by atoms with Gasteiger partial charge in [-0.15, -0.1) is 0 Å². The Balaban J connectivity index is 2.43. The zero-order valence-corrected chi connectivity index (χ0v) is 12.4. The lowest BCUT2D eigenvalue weighted by Gasteiger charge is -2.35. The van der Waals surface area contributed by atoms with Crippen LogP contribution in [0, 0.1) is 0 Å². The molecule has 1 N–H and O–H groups in total. The van der Waals surface area contributed by atoms with E-state index in [1.807, 2.05) is 12.3 Å². The van der Waals surface area contributed by atoms with E-state index in [0.717, 1.165) is 43.2 Å². The molecule has 104 valence electrons. The third-order valence-corrected chi connectivity index (χ3v) is 3.61. The average molecular weight is 281 g/mol. The lowest BCUT2D eigenvalue weighted by atomic mass is 10.2. The van der Waals surface area contributed by atoms with E-state index in [1.165, 1.54) is 5.70 Å². The molecule has 0 saturated carbocycles. The van der Waals surface area contributed by atoms with Crippen molar-refractivity contribution in [3.05, 3.63) is 28.4 Å². The summed E-state index contributed by atoms with van der Waals surface area (Å²) in [6.07, 6.45) is 4.69. The molecule has 1 aromatic heterocycles. The Labute approximate surface area is 119 Å². The quantitative estimate of drug-likeness (QED) is 0.886. The maximum absolute atomic E-state index is 5.87. The highest BCUT2D eigenvalue weighted by atomic mass is 35.5. The second-order valence-corrected chi connectivity index (χ2v) is 5.36. The minimum absolute atomic E-state index is 0.513. The van der Waals surface area contributed by atoms with Gasteiger partial charge < -0.3 is 9.80 Å². The van der Waals surface area contributed by atoms with Crippen LogP contribution in [0.25, 0.3) is 11.8 Å². The second-order valence-electron chi connectivity index (χ2n) is 4.88. The van der Waals surface area contributed by atoms with Crippen molar-refractivity contribution in [3.8, 4) is 0 Å². The van der Waals surface area contributed by atoms with Crippen molar-refractivity contribution in [2.75, 3.05) is 33.2 Å². The molecular weight excluding hydrogens is 260 g/mol. The smallest absolute Gasteiger partial charge is 0.0682 e. The number of likely N-dealkylation sites (N-methyl/N-ethyl adjacent to an activating group) is 1.